The van der Waals surface area contributed by atoms with Crippen LogP contribution >= 0.6 is 0 Å². The summed E-state index contributed by atoms with van der Waals surface area (Å²) >= 11 is 0. The Hall–Kier alpha value is -4.20. The van der Waals surface area contributed by atoms with E-state index in [4.69, 9.17) is 18.9 Å². The number of unbranched alkanes of at least 4 members (excludes halogenated alkanes) is 7. The van der Waals surface area contributed by atoms with Gasteiger partial charge in [-0.1, -0.05) is 90.0 Å². The van der Waals surface area contributed by atoms with Crippen molar-refractivity contribution in [3.8, 4) is 22.6 Å². The van der Waals surface area contributed by atoms with E-state index in [1.165, 1.54) is 57.9 Å². The highest BCUT2D eigenvalue weighted by Crippen LogP contribution is 2.24. The fraction of sp³-hybridized carbons (Fsp3) is 0.447. The second-order valence-electron chi connectivity index (χ2n) is 11.4. The molecule has 1 unspecified atom stereocenters. The zero-order valence-electron chi connectivity index (χ0n) is 27.5. The first-order valence-corrected chi connectivity index (χ1v) is 16.5. The maximum atomic E-state index is 14.7. The summed E-state index contributed by atoms with van der Waals surface area (Å²) in [6.07, 6.45) is 9.84. The number of carbonyl (C=O) groups is 3. The van der Waals surface area contributed by atoms with Gasteiger partial charge >= 0.3 is 17.9 Å². The van der Waals surface area contributed by atoms with Crippen LogP contribution in [0.3, 0.4) is 0 Å². The highest BCUT2D eigenvalue weighted by atomic mass is 19.1. The molecule has 0 heterocycles. The number of hydrogen-bond acceptors (Lipinski definition) is 7. The Balaban J connectivity index is 1.47. The van der Waals surface area contributed by atoms with Crippen LogP contribution in [-0.2, 0) is 14.3 Å². The van der Waals surface area contributed by atoms with Gasteiger partial charge in [0.05, 0.1) is 17.7 Å². The molecule has 0 aliphatic heterocycles. The molecular formula is C38H47FO7. The van der Waals surface area contributed by atoms with Crippen LogP contribution in [0.1, 0.15) is 113 Å². The summed E-state index contributed by atoms with van der Waals surface area (Å²) in [4.78, 5) is 37.4. The van der Waals surface area contributed by atoms with E-state index in [1.807, 2.05) is 50.2 Å². The Bertz CT molecular complexity index is 1380. The van der Waals surface area contributed by atoms with Gasteiger partial charge in [-0.05, 0) is 73.7 Å². The molecule has 0 spiro atoms. The topological polar surface area (TPSA) is 88.1 Å². The normalized spacial score (nSPS) is 11.6. The van der Waals surface area contributed by atoms with Crippen LogP contribution in [0.2, 0.25) is 0 Å². The second kappa shape index (κ2) is 19.3. The van der Waals surface area contributed by atoms with Gasteiger partial charge in [-0.15, -0.1) is 0 Å². The fourth-order valence-corrected chi connectivity index (χ4v) is 4.85. The highest BCUT2D eigenvalue weighted by molar-refractivity contribution is 5.93. The molecule has 0 bridgehead atoms. The number of ether oxygens (including phenoxy) is 4. The standard InChI is InChI=1S/C38H47FO7/c1-5-8-9-10-11-12-13-14-25-43-32-21-19-29(20-22-32)28-15-17-30(18-16-28)37(41)46-33-23-24-34(35(39)26-33)38(42)44-27(4)36(40)45-31(6-2)7-3/h15-24,26-27,31H,5-14,25H2,1-4H3. The molecule has 0 saturated carbocycles. The highest BCUT2D eigenvalue weighted by Gasteiger charge is 2.24. The maximum Gasteiger partial charge on any atom is 0.347 e. The fourth-order valence-electron chi connectivity index (χ4n) is 4.85. The first-order valence-electron chi connectivity index (χ1n) is 16.5. The minimum absolute atomic E-state index is 0.0770. The molecule has 1 atom stereocenters. The maximum absolute atomic E-state index is 14.7. The minimum atomic E-state index is -1.20. The van der Waals surface area contributed by atoms with Gasteiger partial charge in [0.15, 0.2) is 6.10 Å². The average Bonchev–Trinajstić information content (AvgIpc) is 3.06. The molecule has 46 heavy (non-hydrogen) atoms. The summed E-state index contributed by atoms with van der Waals surface area (Å²) in [5, 5.41) is 0. The molecule has 0 aliphatic rings. The lowest BCUT2D eigenvalue weighted by molar-refractivity contribution is -0.158. The van der Waals surface area contributed by atoms with Crippen LogP contribution in [0.5, 0.6) is 11.5 Å². The SMILES string of the molecule is CCCCCCCCCCOc1ccc(-c2ccc(C(=O)Oc3ccc(C(=O)OC(C)C(=O)OC(CC)CC)c(F)c3)cc2)cc1. The lowest BCUT2D eigenvalue weighted by atomic mass is 10.0. The van der Waals surface area contributed by atoms with E-state index in [-0.39, 0.29) is 17.4 Å². The molecule has 3 aromatic carbocycles. The van der Waals surface area contributed by atoms with Gasteiger partial charge in [0.25, 0.3) is 0 Å². The largest absolute Gasteiger partial charge is 0.494 e. The monoisotopic (exact) mass is 634 g/mol. The molecule has 7 nitrogen and oxygen atoms in total. The smallest absolute Gasteiger partial charge is 0.347 e. The van der Waals surface area contributed by atoms with Crippen LogP contribution in [0, 0.1) is 5.82 Å². The van der Waals surface area contributed by atoms with Crippen molar-refractivity contribution in [3.63, 3.8) is 0 Å². The Labute approximate surface area is 272 Å². The summed E-state index contributed by atoms with van der Waals surface area (Å²) in [6, 6.07) is 18.1. The van der Waals surface area contributed by atoms with E-state index < -0.39 is 35.4 Å². The predicted molar refractivity (Wildman–Crippen MR) is 177 cm³/mol. The zero-order chi connectivity index (χ0) is 33.3. The Kier molecular flexibility index (Phi) is 15.3. The Morgan fingerprint density at radius 3 is 1.83 bits per heavy atom. The lowest BCUT2D eigenvalue weighted by Gasteiger charge is -2.18. The predicted octanol–water partition coefficient (Wildman–Crippen LogP) is 9.51. The summed E-state index contributed by atoms with van der Waals surface area (Å²) < 4.78 is 36.3. The number of benzene rings is 3. The van der Waals surface area contributed by atoms with Crippen molar-refractivity contribution in [2.24, 2.45) is 0 Å². The van der Waals surface area contributed by atoms with Crippen molar-refractivity contribution >= 4 is 17.9 Å². The van der Waals surface area contributed by atoms with Gasteiger partial charge in [0.1, 0.15) is 23.4 Å². The van der Waals surface area contributed by atoms with E-state index in [2.05, 4.69) is 6.92 Å². The molecule has 0 aromatic heterocycles. The quantitative estimate of drug-likeness (QED) is 0.0737. The molecule has 0 radical (unpaired) electrons. The van der Waals surface area contributed by atoms with Crippen LogP contribution in [-0.4, -0.2) is 36.7 Å². The van der Waals surface area contributed by atoms with Crippen LogP contribution in [0.15, 0.2) is 66.7 Å². The minimum Gasteiger partial charge on any atom is -0.494 e. The van der Waals surface area contributed by atoms with E-state index in [0.717, 1.165) is 35.4 Å². The third kappa shape index (κ3) is 11.6. The Morgan fingerprint density at radius 2 is 1.24 bits per heavy atom. The Morgan fingerprint density at radius 1 is 0.674 bits per heavy atom. The third-order valence-corrected chi connectivity index (χ3v) is 7.76. The lowest BCUT2D eigenvalue weighted by Crippen LogP contribution is -2.30. The molecule has 248 valence electrons. The van der Waals surface area contributed by atoms with Gasteiger partial charge in [-0.25, -0.2) is 18.8 Å². The molecule has 3 rings (SSSR count). The van der Waals surface area contributed by atoms with Crippen molar-refractivity contribution in [1.82, 2.24) is 0 Å². The molecule has 0 fully saturated rings. The molecule has 0 amide bonds. The van der Waals surface area contributed by atoms with Crippen molar-refractivity contribution in [1.29, 1.82) is 0 Å². The van der Waals surface area contributed by atoms with Crippen molar-refractivity contribution in [2.45, 2.75) is 104 Å². The van der Waals surface area contributed by atoms with Crippen LogP contribution in [0.4, 0.5) is 4.39 Å². The van der Waals surface area contributed by atoms with Gasteiger partial charge < -0.3 is 18.9 Å². The number of hydrogen-bond donors (Lipinski definition) is 0. The van der Waals surface area contributed by atoms with E-state index in [0.29, 0.717) is 19.4 Å². The van der Waals surface area contributed by atoms with E-state index in [9.17, 15) is 18.8 Å². The number of rotatable bonds is 19. The molecule has 0 aliphatic carbocycles. The van der Waals surface area contributed by atoms with Gasteiger partial charge in [-0.3, -0.25) is 0 Å². The second-order valence-corrected chi connectivity index (χ2v) is 11.4. The van der Waals surface area contributed by atoms with Gasteiger partial charge in [0.2, 0.25) is 0 Å². The van der Waals surface area contributed by atoms with Crippen molar-refractivity contribution in [2.75, 3.05) is 6.61 Å². The number of esters is 3. The third-order valence-electron chi connectivity index (χ3n) is 7.76. The average molecular weight is 635 g/mol. The number of carbonyl (C=O) groups excluding carboxylic acids is 3. The van der Waals surface area contributed by atoms with Gasteiger partial charge in [0, 0.05) is 6.07 Å². The zero-order valence-corrected chi connectivity index (χ0v) is 27.5. The van der Waals surface area contributed by atoms with Crippen molar-refractivity contribution < 1.29 is 37.7 Å². The summed E-state index contributed by atoms with van der Waals surface area (Å²) in [6.45, 7) is 8.07. The first-order chi connectivity index (χ1) is 22.2. The first kappa shape index (κ1) is 36.3. The number of halogens is 1. The van der Waals surface area contributed by atoms with E-state index >= 15 is 0 Å². The summed E-state index contributed by atoms with van der Waals surface area (Å²) in [7, 11) is 0. The molecular weight excluding hydrogens is 587 g/mol. The summed E-state index contributed by atoms with van der Waals surface area (Å²) in [5.41, 5.74) is 1.78. The molecule has 0 N–H and O–H groups in total. The summed E-state index contributed by atoms with van der Waals surface area (Å²) in [5.74, 6) is -2.60. The van der Waals surface area contributed by atoms with Crippen LogP contribution < -0.4 is 9.47 Å². The molecule has 3 aromatic rings. The van der Waals surface area contributed by atoms with Crippen LogP contribution in [0.25, 0.3) is 11.1 Å². The van der Waals surface area contributed by atoms with Crippen molar-refractivity contribution in [3.05, 3.63) is 83.7 Å². The van der Waals surface area contributed by atoms with E-state index in [1.54, 1.807) is 12.1 Å². The van der Waals surface area contributed by atoms with Gasteiger partial charge in [-0.2, -0.15) is 0 Å². The molecule has 0 saturated heterocycles. The molecule has 8 heteroatoms.